The number of hydroxylamine groups is 1. The molecule has 29 heavy (non-hydrogen) atoms. The van der Waals surface area contributed by atoms with Gasteiger partial charge in [0.15, 0.2) is 0 Å². The first-order valence-corrected chi connectivity index (χ1v) is 8.14. The summed E-state index contributed by atoms with van der Waals surface area (Å²) in [5, 5.41) is 11.0. The molecule has 5 N–H and O–H groups in total. The van der Waals surface area contributed by atoms with Crippen molar-refractivity contribution in [2.45, 2.75) is 12.4 Å². The summed E-state index contributed by atoms with van der Waals surface area (Å²) < 4.78 is 40.2. The van der Waals surface area contributed by atoms with E-state index in [0.29, 0.717) is 11.1 Å². The summed E-state index contributed by atoms with van der Waals surface area (Å²) in [6.45, 7) is -0.200. The Morgan fingerprint density at radius 1 is 1.03 bits per heavy atom. The predicted molar refractivity (Wildman–Crippen MR) is 95.8 cm³/mol. The maximum absolute atomic E-state index is 12.1. The van der Waals surface area contributed by atoms with E-state index in [0.717, 1.165) is 12.1 Å². The average Bonchev–Trinajstić information content (AvgIpc) is 2.70. The first kappa shape index (κ1) is 21.7. The maximum Gasteiger partial charge on any atom is 0.573 e. The monoisotopic (exact) mass is 407 g/mol. The third-order valence-electron chi connectivity index (χ3n) is 3.55. The molecule has 0 bridgehead atoms. The van der Waals surface area contributed by atoms with Crippen molar-refractivity contribution in [3.05, 3.63) is 65.2 Å². The smallest absolute Gasteiger partial charge is 0.406 e. The second-order valence-corrected chi connectivity index (χ2v) is 5.64. The van der Waals surface area contributed by atoms with Gasteiger partial charge in [-0.1, -0.05) is 11.8 Å². The fourth-order valence-electron chi connectivity index (χ4n) is 2.14. The Morgan fingerprint density at radius 3 is 2.00 bits per heavy atom. The zero-order valence-corrected chi connectivity index (χ0v) is 14.8. The van der Waals surface area contributed by atoms with E-state index < -0.39 is 24.2 Å². The second-order valence-electron chi connectivity index (χ2n) is 5.64. The first-order chi connectivity index (χ1) is 13.7. The third-order valence-corrected chi connectivity index (χ3v) is 3.55. The average molecular weight is 407 g/mol. The molecule has 10 heteroatoms. The highest BCUT2D eigenvalue weighted by Gasteiger charge is 2.30. The highest BCUT2D eigenvalue weighted by Crippen LogP contribution is 2.22. The van der Waals surface area contributed by atoms with Crippen molar-refractivity contribution in [3.63, 3.8) is 0 Å². The number of carbonyl (C=O) groups excluding carboxylic acids is 2. The molecule has 2 aromatic carbocycles. The molecule has 0 heterocycles. The standard InChI is InChI=1S/C19H16F3N3O4/c20-19(21,22)29-15-9-5-13(6-10-15)2-1-12-3-7-14(8-4-12)17(26)24-16(11-23)18(27)25-28/h3-10,16,28H,11,23H2,(H,24,26)(H,25,27). The molecule has 2 rings (SSSR count). The molecule has 0 radical (unpaired) electrons. The van der Waals surface area contributed by atoms with Gasteiger partial charge in [0.2, 0.25) is 0 Å². The van der Waals surface area contributed by atoms with Crippen molar-refractivity contribution < 1.29 is 32.7 Å². The summed E-state index contributed by atoms with van der Waals surface area (Å²) in [5.41, 5.74) is 8.05. The molecule has 152 valence electrons. The molecule has 0 aliphatic carbocycles. The fraction of sp³-hybridized carbons (Fsp3) is 0.158. The van der Waals surface area contributed by atoms with E-state index in [1.54, 1.807) is 12.1 Å². The maximum atomic E-state index is 12.1. The minimum absolute atomic E-state index is 0.200. The lowest BCUT2D eigenvalue weighted by atomic mass is 10.1. The van der Waals surface area contributed by atoms with E-state index in [2.05, 4.69) is 21.9 Å². The Kier molecular flexibility index (Phi) is 7.19. The Morgan fingerprint density at radius 2 is 1.55 bits per heavy atom. The van der Waals surface area contributed by atoms with Crippen LogP contribution in [0.5, 0.6) is 5.75 Å². The van der Waals surface area contributed by atoms with Crippen LogP contribution in [0.2, 0.25) is 0 Å². The summed E-state index contributed by atoms with van der Waals surface area (Å²) in [7, 11) is 0. The van der Waals surface area contributed by atoms with E-state index in [9.17, 15) is 22.8 Å². The Bertz CT molecular complexity index is 917. The molecule has 7 nitrogen and oxygen atoms in total. The van der Waals surface area contributed by atoms with Crippen molar-refractivity contribution >= 4 is 11.8 Å². The van der Waals surface area contributed by atoms with Gasteiger partial charge in [-0.05, 0) is 48.5 Å². The van der Waals surface area contributed by atoms with Crippen molar-refractivity contribution in [3.8, 4) is 17.6 Å². The molecule has 0 saturated carbocycles. The van der Waals surface area contributed by atoms with Crippen LogP contribution in [-0.4, -0.2) is 36.0 Å². The normalized spacial score (nSPS) is 11.6. The highest BCUT2D eigenvalue weighted by atomic mass is 19.4. The van der Waals surface area contributed by atoms with Crippen LogP contribution in [0.15, 0.2) is 48.5 Å². The van der Waals surface area contributed by atoms with Gasteiger partial charge in [0.1, 0.15) is 11.8 Å². The molecular weight excluding hydrogens is 391 g/mol. The molecular formula is C19H16F3N3O4. The Hall–Kier alpha value is -3.55. The summed E-state index contributed by atoms with van der Waals surface area (Å²) in [5.74, 6) is 3.84. The molecule has 0 aromatic heterocycles. The minimum atomic E-state index is -4.76. The molecule has 0 aliphatic heterocycles. The molecule has 0 fully saturated rings. The van der Waals surface area contributed by atoms with Crippen LogP contribution < -0.4 is 21.3 Å². The molecule has 2 amide bonds. The van der Waals surface area contributed by atoms with Crippen LogP contribution in [0, 0.1) is 11.8 Å². The Balaban J connectivity index is 2.02. The largest absolute Gasteiger partial charge is 0.573 e. The fourth-order valence-corrected chi connectivity index (χ4v) is 2.14. The van der Waals surface area contributed by atoms with Crippen LogP contribution in [0.3, 0.4) is 0 Å². The zero-order chi connectivity index (χ0) is 21.4. The summed E-state index contributed by atoms with van der Waals surface area (Å²) >= 11 is 0. The van der Waals surface area contributed by atoms with E-state index in [4.69, 9.17) is 10.9 Å². The number of alkyl halides is 3. The van der Waals surface area contributed by atoms with Crippen molar-refractivity contribution in [1.82, 2.24) is 10.8 Å². The van der Waals surface area contributed by atoms with Gasteiger partial charge in [-0.25, -0.2) is 5.48 Å². The SMILES string of the molecule is NCC(NC(=O)c1ccc(C#Cc2ccc(OC(F)(F)F)cc2)cc1)C(=O)NO. The number of ether oxygens (including phenoxy) is 1. The van der Waals surface area contributed by atoms with Crippen molar-refractivity contribution in [2.24, 2.45) is 5.73 Å². The van der Waals surface area contributed by atoms with Gasteiger partial charge in [0.25, 0.3) is 11.8 Å². The summed E-state index contributed by atoms with van der Waals surface area (Å²) in [6, 6.07) is 10.1. The van der Waals surface area contributed by atoms with Crippen LogP contribution in [0.25, 0.3) is 0 Å². The number of carbonyl (C=O) groups is 2. The molecule has 0 aliphatic rings. The number of nitrogens with one attached hydrogen (secondary N) is 2. The van der Waals surface area contributed by atoms with E-state index >= 15 is 0 Å². The first-order valence-electron chi connectivity index (χ1n) is 8.14. The van der Waals surface area contributed by atoms with E-state index in [1.165, 1.54) is 29.7 Å². The quantitative estimate of drug-likeness (QED) is 0.341. The van der Waals surface area contributed by atoms with Gasteiger partial charge in [0, 0.05) is 23.2 Å². The number of hydrogen-bond donors (Lipinski definition) is 4. The summed E-state index contributed by atoms with van der Waals surface area (Å²) in [6.07, 6.45) is -4.76. The van der Waals surface area contributed by atoms with Crippen LogP contribution in [-0.2, 0) is 4.79 Å². The van der Waals surface area contributed by atoms with Gasteiger partial charge in [-0.15, -0.1) is 13.2 Å². The van der Waals surface area contributed by atoms with Gasteiger partial charge >= 0.3 is 6.36 Å². The lowest BCUT2D eigenvalue weighted by Crippen LogP contribution is -2.50. The van der Waals surface area contributed by atoms with Gasteiger partial charge in [0.05, 0.1) is 0 Å². The second kappa shape index (κ2) is 9.59. The molecule has 1 atom stereocenters. The molecule has 0 spiro atoms. The molecule has 1 unspecified atom stereocenters. The molecule has 2 aromatic rings. The Labute approximate surface area is 163 Å². The number of hydrogen-bond acceptors (Lipinski definition) is 5. The number of benzene rings is 2. The predicted octanol–water partition coefficient (Wildman–Crippen LogP) is 1.55. The van der Waals surface area contributed by atoms with Crippen molar-refractivity contribution in [2.75, 3.05) is 6.54 Å². The highest BCUT2D eigenvalue weighted by molar-refractivity contribution is 5.97. The lowest BCUT2D eigenvalue weighted by molar-refractivity contribution is -0.274. The number of nitrogens with two attached hydrogens (primary N) is 1. The summed E-state index contributed by atoms with van der Waals surface area (Å²) in [4.78, 5) is 23.4. The van der Waals surface area contributed by atoms with Gasteiger partial charge in [-0.2, -0.15) is 0 Å². The minimum Gasteiger partial charge on any atom is -0.406 e. The number of halogens is 3. The number of amides is 2. The topological polar surface area (TPSA) is 114 Å². The van der Waals surface area contributed by atoms with Crippen LogP contribution in [0.1, 0.15) is 21.5 Å². The lowest BCUT2D eigenvalue weighted by Gasteiger charge is -2.14. The van der Waals surface area contributed by atoms with Gasteiger partial charge < -0.3 is 15.8 Å². The third kappa shape index (κ3) is 6.84. The van der Waals surface area contributed by atoms with Crippen LogP contribution >= 0.6 is 0 Å². The van der Waals surface area contributed by atoms with Gasteiger partial charge in [-0.3, -0.25) is 14.8 Å². The number of rotatable bonds is 5. The molecule has 0 saturated heterocycles. The van der Waals surface area contributed by atoms with Crippen molar-refractivity contribution in [1.29, 1.82) is 0 Å². The van der Waals surface area contributed by atoms with Crippen LogP contribution in [0.4, 0.5) is 13.2 Å². The zero-order valence-electron chi connectivity index (χ0n) is 14.8. The van der Waals surface area contributed by atoms with E-state index in [-0.39, 0.29) is 17.9 Å². The van der Waals surface area contributed by atoms with E-state index in [1.807, 2.05) is 0 Å².